The lowest BCUT2D eigenvalue weighted by molar-refractivity contribution is 0.198. The minimum Gasteiger partial charge on any atom is -0.465 e. The van der Waals surface area contributed by atoms with Crippen LogP contribution in [0.1, 0.15) is 43.4 Å². The van der Waals surface area contributed by atoms with E-state index in [1.54, 1.807) is 12.4 Å². The number of carboxylic acid groups (broad SMARTS) is 1. The molecule has 1 fully saturated rings. The molecule has 1 aromatic carbocycles. The maximum Gasteiger partial charge on any atom is 0.412 e. The third-order valence-corrected chi connectivity index (χ3v) is 6.50. The molecule has 2 N–H and O–H groups in total. The fourth-order valence-electron chi connectivity index (χ4n) is 4.71. The number of ether oxygens (including phenoxy) is 1. The highest BCUT2D eigenvalue weighted by atomic mass is 16.5. The molecule has 2 aliphatic heterocycles. The van der Waals surface area contributed by atoms with Crippen LogP contribution in [0, 0.1) is 6.92 Å². The highest BCUT2D eigenvalue weighted by molar-refractivity contribution is 5.91. The van der Waals surface area contributed by atoms with Gasteiger partial charge in [0.05, 0.1) is 17.9 Å². The Balaban J connectivity index is 1.59. The lowest BCUT2D eigenvalue weighted by Gasteiger charge is -2.34. The van der Waals surface area contributed by atoms with Gasteiger partial charge in [-0.15, -0.1) is 0 Å². The van der Waals surface area contributed by atoms with Crippen LogP contribution in [0.3, 0.4) is 0 Å². The third-order valence-electron chi connectivity index (χ3n) is 6.50. The van der Waals surface area contributed by atoms with Gasteiger partial charge in [0.2, 0.25) is 0 Å². The maximum atomic E-state index is 12.0. The molecule has 0 unspecified atom stereocenters. The summed E-state index contributed by atoms with van der Waals surface area (Å²) in [6.45, 7) is 5.82. The second-order valence-corrected chi connectivity index (χ2v) is 8.82. The average molecular weight is 449 g/mol. The molecule has 4 heterocycles. The second-order valence-electron chi connectivity index (χ2n) is 8.82. The third kappa shape index (κ3) is 4.16. The summed E-state index contributed by atoms with van der Waals surface area (Å²) < 4.78 is 8.28. The van der Waals surface area contributed by atoms with E-state index in [0.717, 1.165) is 48.2 Å². The van der Waals surface area contributed by atoms with Crippen molar-refractivity contribution in [2.75, 3.05) is 18.0 Å². The van der Waals surface area contributed by atoms with Crippen LogP contribution in [0.25, 0.3) is 11.1 Å². The summed E-state index contributed by atoms with van der Waals surface area (Å²) in [6, 6.07) is 4.29. The molecule has 0 saturated carbocycles. The molecule has 9 heteroatoms. The number of aryl methyl sites for hydroxylation is 1. The lowest BCUT2D eigenvalue weighted by Crippen LogP contribution is -2.41. The number of nitrogens with zero attached hydrogens (tertiary/aromatic N) is 5. The number of benzene rings is 1. The normalized spacial score (nSPS) is 18.7. The molecule has 2 aromatic heterocycles. The molecular weight excluding hydrogens is 420 g/mol. The van der Waals surface area contributed by atoms with Gasteiger partial charge in [0, 0.05) is 41.3 Å². The molecule has 0 aliphatic carbocycles. The van der Waals surface area contributed by atoms with Gasteiger partial charge in [-0.25, -0.2) is 14.8 Å². The zero-order valence-corrected chi connectivity index (χ0v) is 18.9. The molecule has 0 spiro atoms. The van der Waals surface area contributed by atoms with Crippen LogP contribution in [0.5, 0.6) is 11.8 Å². The summed E-state index contributed by atoms with van der Waals surface area (Å²) in [5.41, 5.74) is 4.23. The first kappa shape index (κ1) is 21.4. The Morgan fingerprint density at radius 1 is 1.15 bits per heavy atom. The molecular formula is C24H28N6O3. The fraction of sp³-hybridized carbons (Fsp3) is 0.417. The Bertz CT molecular complexity index is 1150. The molecule has 0 radical (unpaired) electrons. The van der Waals surface area contributed by atoms with E-state index < -0.39 is 6.09 Å². The highest BCUT2D eigenvalue weighted by Gasteiger charge is 2.32. The van der Waals surface area contributed by atoms with Gasteiger partial charge in [-0.2, -0.15) is 5.10 Å². The fourth-order valence-corrected chi connectivity index (χ4v) is 4.71. The topological polar surface area (TPSA) is 105 Å². The van der Waals surface area contributed by atoms with E-state index in [4.69, 9.17) is 4.74 Å². The molecule has 172 valence electrons. The van der Waals surface area contributed by atoms with Gasteiger partial charge >= 0.3 is 12.1 Å². The molecule has 9 nitrogen and oxygen atoms in total. The first-order chi connectivity index (χ1) is 16.0. The zero-order valence-electron chi connectivity index (χ0n) is 18.9. The minimum absolute atomic E-state index is 0.105. The Labute approximate surface area is 192 Å². The molecule has 1 amide bonds. The van der Waals surface area contributed by atoms with E-state index in [-0.39, 0.29) is 12.1 Å². The molecule has 0 bridgehead atoms. The van der Waals surface area contributed by atoms with Crippen molar-refractivity contribution in [3.8, 4) is 22.9 Å². The van der Waals surface area contributed by atoms with Gasteiger partial charge in [0.15, 0.2) is 0 Å². The number of anilines is 1. The van der Waals surface area contributed by atoms with Crippen LogP contribution in [-0.2, 0) is 6.42 Å². The summed E-state index contributed by atoms with van der Waals surface area (Å²) in [5.74, 6) is 0.597. The first-order valence-corrected chi connectivity index (χ1v) is 11.4. The minimum atomic E-state index is -0.965. The molecule has 5 rings (SSSR count). The van der Waals surface area contributed by atoms with E-state index in [2.05, 4.69) is 26.6 Å². The number of hydrogen-bond acceptors (Lipinski definition) is 6. The van der Waals surface area contributed by atoms with Crippen molar-refractivity contribution in [3.63, 3.8) is 0 Å². The van der Waals surface area contributed by atoms with Gasteiger partial charge in [-0.05, 0) is 70.3 Å². The second kappa shape index (κ2) is 8.82. The van der Waals surface area contributed by atoms with Crippen molar-refractivity contribution in [2.45, 2.75) is 51.6 Å². The Morgan fingerprint density at radius 3 is 2.64 bits per heavy atom. The van der Waals surface area contributed by atoms with E-state index in [0.29, 0.717) is 30.3 Å². The van der Waals surface area contributed by atoms with E-state index >= 15 is 0 Å². The van der Waals surface area contributed by atoms with Gasteiger partial charge < -0.3 is 15.2 Å². The van der Waals surface area contributed by atoms with Crippen LogP contribution in [0.2, 0.25) is 0 Å². The molecule has 1 saturated heterocycles. The lowest BCUT2D eigenvalue weighted by atomic mass is 9.92. The predicted octanol–water partition coefficient (Wildman–Crippen LogP) is 4.18. The van der Waals surface area contributed by atoms with Gasteiger partial charge in [0.1, 0.15) is 5.75 Å². The van der Waals surface area contributed by atoms with Gasteiger partial charge in [0.25, 0.3) is 0 Å². The summed E-state index contributed by atoms with van der Waals surface area (Å²) in [7, 11) is 0. The van der Waals surface area contributed by atoms with Crippen molar-refractivity contribution in [1.82, 2.24) is 25.1 Å². The number of fused-ring (bicyclic) bond motifs is 1. The SMILES string of the molecule is Cc1cnc(Oc2c(-c3cnn(C4CCNCC4)c3)ccc3c2CC[C@H](C)N3C(=O)O)nc1. The predicted molar refractivity (Wildman–Crippen MR) is 124 cm³/mol. The van der Waals surface area contributed by atoms with Crippen LogP contribution in [0.15, 0.2) is 36.9 Å². The van der Waals surface area contributed by atoms with Crippen molar-refractivity contribution >= 4 is 11.8 Å². The summed E-state index contributed by atoms with van der Waals surface area (Å²) in [4.78, 5) is 22.1. The van der Waals surface area contributed by atoms with Crippen molar-refractivity contribution < 1.29 is 14.6 Å². The zero-order chi connectivity index (χ0) is 22.9. The first-order valence-electron chi connectivity index (χ1n) is 11.4. The van der Waals surface area contributed by atoms with Crippen LogP contribution >= 0.6 is 0 Å². The van der Waals surface area contributed by atoms with E-state index in [1.807, 2.05) is 36.9 Å². The van der Waals surface area contributed by atoms with Gasteiger partial charge in [-0.3, -0.25) is 9.58 Å². The number of amides is 1. The molecule has 1 atom stereocenters. The standard InChI is InChI=1S/C24H28N6O3/c1-15-11-26-23(27-12-15)33-22-19(17-13-28-29(14-17)18-7-9-25-10-8-18)5-6-21-20(22)4-3-16(2)30(21)24(31)32/h5-6,11-14,16,18,25H,3-4,7-10H2,1-2H3,(H,31,32)/t16-/m0/s1. The number of aromatic nitrogens is 4. The number of nitrogens with one attached hydrogen (secondary N) is 1. The van der Waals surface area contributed by atoms with Crippen molar-refractivity contribution in [2.24, 2.45) is 0 Å². The van der Waals surface area contributed by atoms with Crippen LogP contribution in [-0.4, -0.2) is 50.1 Å². The Kier molecular flexibility index (Phi) is 5.72. The summed E-state index contributed by atoms with van der Waals surface area (Å²) in [5, 5.41) is 17.9. The maximum absolute atomic E-state index is 12.0. The average Bonchev–Trinajstić information content (AvgIpc) is 3.31. The van der Waals surface area contributed by atoms with Crippen LogP contribution < -0.4 is 15.0 Å². The molecule has 3 aromatic rings. The number of hydrogen-bond donors (Lipinski definition) is 2. The Hall–Kier alpha value is -3.46. The van der Waals surface area contributed by atoms with E-state index in [9.17, 15) is 9.90 Å². The summed E-state index contributed by atoms with van der Waals surface area (Å²) >= 11 is 0. The van der Waals surface area contributed by atoms with Crippen LogP contribution in [0.4, 0.5) is 10.5 Å². The van der Waals surface area contributed by atoms with E-state index in [1.165, 1.54) is 4.90 Å². The van der Waals surface area contributed by atoms with Crippen molar-refractivity contribution in [3.05, 3.63) is 48.0 Å². The highest BCUT2D eigenvalue weighted by Crippen LogP contribution is 2.44. The largest absolute Gasteiger partial charge is 0.465 e. The quantitative estimate of drug-likeness (QED) is 0.617. The number of carbonyl (C=O) groups is 1. The monoisotopic (exact) mass is 448 g/mol. The Morgan fingerprint density at radius 2 is 1.91 bits per heavy atom. The number of rotatable bonds is 4. The smallest absolute Gasteiger partial charge is 0.412 e. The molecule has 2 aliphatic rings. The van der Waals surface area contributed by atoms with Gasteiger partial charge in [-0.1, -0.05) is 0 Å². The summed E-state index contributed by atoms with van der Waals surface area (Å²) in [6.07, 6.45) is 9.85. The number of piperidine rings is 1. The van der Waals surface area contributed by atoms with Crippen molar-refractivity contribution in [1.29, 1.82) is 0 Å². The molecule has 33 heavy (non-hydrogen) atoms.